The number of ether oxygens (including phenoxy) is 4. The third kappa shape index (κ3) is 6.67. The van der Waals surface area contributed by atoms with Gasteiger partial charge in [0.05, 0.1) is 30.9 Å². The van der Waals surface area contributed by atoms with E-state index in [4.69, 9.17) is 18.9 Å². The molecule has 0 aromatic heterocycles. The van der Waals surface area contributed by atoms with Crippen LogP contribution in [0.1, 0.15) is 65.2 Å². The van der Waals surface area contributed by atoms with Crippen LogP contribution in [0.2, 0.25) is 0 Å². The average Bonchev–Trinajstić information content (AvgIpc) is 2.93. The Bertz CT molecular complexity index is 1080. The summed E-state index contributed by atoms with van der Waals surface area (Å²) in [6.45, 7) is 15.8. The van der Waals surface area contributed by atoms with E-state index < -0.39 is 5.41 Å². The van der Waals surface area contributed by atoms with Crippen LogP contribution in [0, 0.1) is 11.3 Å². The van der Waals surface area contributed by atoms with Crippen molar-refractivity contribution in [3.05, 3.63) is 35.9 Å². The van der Waals surface area contributed by atoms with Crippen LogP contribution in [-0.4, -0.2) is 44.8 Å². The topological polar surface area (TPSA) is 86.3 Å². The molecule has 2 aromatic carbocycles. The summed E-state index contributed by atoms with van der Waals surface area (Å²) >= 11 is 0. The molecule has 3 rings (SSSR count). The fraction of sp³-hybridized carbons (Fsp3) is 0.517. The standard InChI is InChI=1S/C29H40N2O6/c1-8-34-24-15-20(16-25(35-9-2)26(24)36-10-3)27(32)30-21-11-12-23-22(17-21)31(14-13-19(4)5)28(33)29(6,7)18-37-23/h11-12,15-17,19H,8-10,13-14,18H2,1-7H3,(H,30,32). The first-order chi connectivity index (χ1) is 17.6. The number of nitrogens with one attached hydrogen (secondary N) is 1. The van der Waals surface area contributed by atoms with E-state index in [9.17, 15) is 9.59 Å². The van der Waals surface area contributed by atoms with Crippen LogP contribution in [0.5, 0.6) is 23.0 Å². The van der Waals surface area contributed by atoms with Gasteiger partial charge < -0.3 is 29.2 Å². The van der Waals surface area contributed by atoms with E-state index >= 15 is 0 Å². The van der Waals surface area contributed by atoms with E-state index in [2.05, 4.69) is 19.2 Å². The van der Waals surface area contributed by atoms with Crippen molar-refractivity contribution in [2.45, 2.75) is 54.9 Å². The molecule has 0 unspecified atom stereocenters. The molecule has 1 heterocycles. The van der Waals surface area contributed by atoms with Crippen LogP contribution in [0.3, 0.4) is 0 Å². The van der Waals surface area contributed by atoms with Gasteiger partial charge in [-0.25, -0.2) is 0 Å². The summed E-state index contributed by atoms with van der Waals surface area (Å²) in [5.41, 5.74) is 0.924. The Kier molecular flexibility index (Phi) is 9.29. The summed E-state index contributed by atoms with van der Waals surface area (Å²) in [6.07, 6.45) is 0.852. The van der Waals surface area contributed by atoms with Gasteiger partial charge in [0.1, 0.15) is 12.4 Å². The van der Waals surface area contributed by atoms with Crippen molar-refractivity contribution in [1.82, 2.24) is 0 Å². The first kappa shape index (κ1) is 28.2. The number of nitrogens with zero attached hydrogens (tertiary/aromatic N) is 1. The lowest BCUT2D eigenvalue weighted by molar-refractivity contribution is -0.127. The van der Waals surface area contributed by atoms with Crippen molar-refractivity contribution in [1.29, 1.82) is 0 Å². The highest BCUT2D eigenvalue weighted by Gasteiger charge is 2.37. The third-order valence-corrected chi connectivity index (χ3v) is 6.02. The van der Waals surface area contributed by atoms with Crippen LogP contribution < -0.4 is 29.2 Å². The zero-order valence-electron chi connectivity index (χ0n) is 23.1. The number of anilines is 2. The predicted molar refractivity (Wildman–Crippen MR) is 145 cm³/mol. The monoisotopic (exact) mass is 512 g/mol. The molecule has 0 aliphatic carbocycles. The number of amides is 2. The Morgan fingerprint density at radius 1 is 1.03 bits per heavy atom. The molecule has 0 atom stereocenters. The molecule has 1 aliphatic heterocycles. The number of fused-ring (bicyclic) bond motifs is 1. The van der Waals surface area contributed by atoms with E-state index in [-0.39, 0.29) is 18.4 Å². The third-order valence-electron chi connectivity index (χ3n) is 6.02. The largest absolute Gasteiger partial charge is 0.490 e. The fourth-order valence-electron chi connectivity index (χ4n) is 4.06. The van der Waals surface area contributed by atoms with Crippen LogP contribution in [0.4, 0.5) is 11.4 Å². The van der Waals surface area contributed by atoms with Crippen molar-refractivity contribution < 1.29 is 28.5 Å². The molecular weight excluding hydrogens is 472 g/mol. The van der Waals surface area contributed by atoms with E-state index in [0.717, 1.165) is 6.42 Å². The van der Waals surface area contributed by atoms with Crippen molar-refractivity contribution in [3.63, 3.8) is 0 Å². The van der Waals surface area contributed by atoms with Gasteiger partial charge in [-0.15, -0.1) is 0 Å². The lowest BCUT2D eigenvalue weighted by atomic mass is 9.92. The van der Waals surface area contributed by atoms with Gasteiger partial charge in [-0.3, -0.25) is 9.59 Å². The Labute approximate surface area is 220 Å². The first-order valence-corrected chi connectivity index (χ1v) is 13.1. The van der Waals surface area contributed by atoms with Crippen molar-refractivity contribution in [2.75, 3.05) is 43.2 Å². The molecule has 8 heteroatoms. The van der Waals surface area contributed by atoms with Crippen molar-refractivity contribution >= 4 is 23.2 Å². The minimum Gasteiger partial charge on any atom is -0.490 e. The molecule has 1 aliphatic rings. The van der Waals surface area contributed by atoms with Crippen LogP contribution >= 0.6 is 0 Å². The second kappa shape index (κ2) is 12.2. The lowest BCUT2D eigenvalue weighted by Gasteiger charge is -2.28. The summed E-state index contributed by atoms with van der Waals surface area (Å²) in [7, 11) is 0. The zero-order valence-corrected chi connectivity index (χ0v) is 23.1. The number of benzene rings is 2. The number of rotatable bonds is 11. The summed E-state index contributed by atoms with van der Waals surface area (Å²) in [5, 5.41) is 2.96. The van der Waals surface area contributed by atoms with Crippen molar-refractivity contribution in [2.24, 2.45) is 11.3 Å². The molecule has 2 amide bonds. The summed E-state index contributed by atoms with van der Waals surface area (Å²) in [6, 6.07) is 8.69. The second-order valence-corrected chi connectivity index (χ2v) is 10.0. The van der Waals surface area contributed by atoms with E-state index in [1.807, 2.05) is 34.6 Å². The molecule has 1 N–H and O–H groups in total. The van der Waals surface area contributed by atoms with E-state index in [0.29, 0.717) is 72.2 Å². The highest BCUT2D eigenvalue weighted by molar-refractivity contribution is 6.06. The number of hydrogen-bond acceptors (Lipinski definition) is 6. The van der Waals surface area contributed by atoms with Crippen LogP contribution in [-0.2, 0) is 4.79 Å². The molecule has 202 valence electrons. The summed E-state index contributed by atoms with van der Waals surface area (Å²) < 4.78 is 23.3. The van der Waals surface area contributed by atoms with Gasteiger partial charge in [0.15, 0.2) is 11.5 Å². The van der Waals surface area contributed by atoms with Crippen molar-refractivity contribution in [3.8, 4) is 23.0 Å². The first-order valence-electron chi connectivity index (χ1n) is 13.1. The zero-order chi connectivity index (χ0) is 27.2. The van der Waals surface area contributed by atoms with Gasteiger partial charge in [-0.2, -0.15) is 0 Å². The summed E-state index contributed by atoms with van der Waals surface area (Å²) in [4.78, 5) is 28.5. The van der Waals surface area contributed by atoms with Gasteiger partial charge in [0.2, 0.25) is 11.7 Å². The van der Waals surface area contributed by atoms with Gasteiger partial charge in [0, 0.05) is 17.8 Å². The minimum absolute atomic E-state index is 0.00426. The number of hydrogen-bond donors (Lipinski definition) is 1. The van der Waals surface area contributed by atoms with Gasteiger partial charge >= 0.3 is 0 Å². The molecular formula is C29H40N2O6. The molecule has 37 heavy (non-hydrogen) atoms. The SMILES string of the molecule is CCOc1cc(C(=O)Nc2ccc3c(c2)N(CCC(C)C)C(=O)C(C)(C)CO3)cc(OCC)c1OCC. The van der Waals surface area contributed by atoms with Crippen LogP contribution in [0.15, 0.2) is 30.3 Å². The van der Waals surface area contributed by atoms with Gasteiger partial charge in [-0.05, 0) is 77.3 Å². The molecule has 0 spiro atoms. The number of carbonyl (C=O) groups excluding carboxylic acids is 2. The molecule has 0 saturated heterocycles. The minimum atomic E-state index is -0.660. The van der Waals surface area contributed by atoms with Gasteiger partial charge in [-0.1, -0.05) is 13.8 Å². The highest BCUT2D eigenvalue weighted by atomic mass is 16.5. The second-order valence-electron chi connectivity index (χ2n) is 10.0. The Balaban J connectivity index is 1.95. The maximum absolute atomic E-state index is 13.4. The molecule has 2 aromatic rings. The van der Waals surface area contributed by atoms with Gasteiger partial charge in [0.25, 0.3) is 5.91 Å². The Morgan fingerprint density at radius 3 is 2.22 bits per heavy atom. The van der Waals surface area contributed by atoms with Crippen LogP contribution in [0.25, 0.3) is 0 Å². The molecule has 0 radical (unpaired) electrons. The molecule has 8 nitrogen and oxygen atoms in total. The maximum Gasteiger partial charge on any atom is 0.255 e. The van der Waals surface area contributed by atoms with E-state index in [1.54, 1.807) is 35.2 Å². The maximum atomic E-state index is 13.4. The fourth-order valence-corrected chi connectivity index (χ4v) is 4.06. The quantitative estimate of drug-likeness (QED) is 0.401. The normalized spacial score (nSPS) is 14.5. The number of carbonyl (C=O) groups is 2. The average molecular weight is 513 g/mol. The Hall–Kier alpha value is -3.42. The Morgan fingerprint density at radius 2 is 1.65 bits per heavy atom. The molecule has 0 fully saturated rings. The molecule has 0 bridgehead atoms. The molecule has 0 saturated carbocycles. The lowest BCUT2D eigenvalue weighted by Crippen LogP contribution is -2.42. The predicted octanol–water partition coefficient (Wildman–Crippen LogP) is 5.93. The summed E-state index contributed by atoms with van der Waals surface area (Å²) in [5.74, 6) is 2.10. The smallest absolute Gasteiger partial charge is 0.255 e. The van der Waals surface area contributed by atoms with E-state index in [1.165, 1.54) is 0 Å². The highest BCUT2D eigenvalue weighted by Crippen LogP contribution is 2.41.